The number of methoxy groups -OCH3 is 1. The molecule has 0 atom stereocenters. The van der Waals surface area contributed by atoms with E-state index in [0.29, 0.717) is 18.8 Å². The Morgan fingerprint density at radius 2 is 2.20 bits per heavy atom. The zero-order valence-corrected chi connectivity index (χ0v) is 14.6. The Balaban J connectivity index is 1.50. The highest BCUT2D eigenvalue weighted by molar-refractivity contribution is 7.23. The normalized spacial score (nSPS) is 13.8. The largest absolute Gasteiger partial charge is 0.497 e. The molecular weight excluding hydrogens is 338 g/mol. The van der Waals surface area contributed by atoms with E-state index in [0.717, 1.165) is 32.2 Å². The van der Waals surface area contributed by atoms with Gasteiger partial charge in [0.25, 0.3) is 5.91 Å². The topological polar surface area (TPSA) is 64.7 Å². The number of aryl methyl sites for hydroxylation is 1. The van der Waals surface area contributed by atoms with Crippen molar-refractivity contribution in [2.75, 3.05) is 7.11 Å². The zero-order chi connectivity index (χ0) is 17.1. The van der Waals surface area contributed by atoms with E-state index in [1.807, 2.05) is 51.6 Å². The standard InChI is InChI=1S/C17H15N5O2S/c1-20-14-9-21(7-10(14)6-18-20)16(23)12-8-22-13-4-3-11(24-2)5-15(13)25-17(22)19-12/h3-6,8H,7,9H2,1-2H3. The molecule has 8 heteroatoms. The fraction of sp³-hybridized carbons (Fsp3) is 0.235. The molecule has 0 bridgehead atoms. The minimum Gasteiger partial charge on any atom is -0.497 e. The molecular formula is C17H15N5O2S. The van der Waals surface area contributed by atoms with E-state index < -0.39 is 0 Å². The van der Waals surface area contributed by atoms with Gasteiger partial charge in [0.15, 0.2) is 4.96 Å². The molecule has 1 aliphatic heterocycles. The van der Waals surface area contributed by atoms with Gasteiger partial charge in [0.05, 0.1) is 35.8 Å². The van der Waals surface area contributed by atoms with Crippen molar-refractivity contribution < 1.29 is 9.53 Å². The van der Waals surface area contributed by atoms with Crippen LogP contribution in [0.2, 0.25) is 0 Å². The van der Waals surface area contributed by atoms with Crippen molar-refractivity contribution >= 4 is 32.4 Å². The molecule has 5 rings (SSSR count). The number of rotatable bonds is 2. The molecule has 1 aliphatic rings. The Hall–Kier alpha value is -2.87. The molecule has 0 radical (unpaired) electrons. The van der Waals surface area contributed by atoms with Gasteiger partial charge in [0.2, 0.25) is 0 Å². The summed E-state index contributed by atoms with van der Waals surface area (Å²) in [6.45, 7) is 1.17. The highest BCUT2D eigenvalue weighted by Gasteiger charge is 2.28. The van der Waals surface area contributed by atoms with E-state index in [4.69, 9.17) is 4.74 Å². The summed E-state index contributed by atoms with van der Waals surface area (Å²) >= 11 is 1.55. The van der Waals surface area contributed by atoms with E-state index in [1.165, 1.54) is 0 Å². The van der Waals surface area contributed by atoms with Crippen LogP contribution in [0.5, 0.6) is 5.75 Å². The first kappa shape index (κ1) is 14.5. The van der Waals surface area contributed by atoms with E-state index in [9.17, 15) is 4.79 Å². The maximum atomic E-state index is 12.8. The van der Waals surface area contributed by atoms with Crippen LogP contribution in [0, 0.1) is 0 Å². The first-order chi connectivity index (χ1) is 12.1. The van der Waals surface area contributed by atoms with Gasteiger partial charge in [-0.3, -0.25) is 13.9 Å². The smallest absolute Gasteiger partial charge is 0.274 e. The molecule has 1 amide bonds. The highest BCUT2D eigenvalue weighted by Crippen LogP contribution is 2.30. The van der Waals surface area contributed by atoms with Gasteiger partial charge in [0, 0.05) is 25.4 Å². The highest BCUT2D eigenvalue weighted by atomic mass is 32.1. The molecule has 0 aliphatic carbocycles. The third kappa shape index (κ3) is 2.07. The van der Waals surface area contributed by atoms with Gasteiger partial charge in [-0.1, -0.05) is 11.3 Å². The van der Waals surface area contributed by atoms with Crippen molar-refractivity contribution in [1.82, 2.24) is 24.1 Å². The van der Waals surface area contributed by atoms with Crippen molar-refractivity contribution in [2.45, 2.75) is 13.1 Å². The van der Waals surface area contributed by atoms with Crippen molar-refractivity contribution in [2.24, 2.45) is 7.05 Å². The molecule has 3 aromatic heterocycles. The average Bonchev–Trinajstić information content (AvgIpc) is 3.34. The van der Waals surface area contributed by atoms with E-state index >= 15 is 0 Å². The molecule has 4 aromatic rings. The third-order valence-electron chi connectivity index (χ3n) is 4.66. The molecule has 25 heavy (non-hydrogen) atoms. The second-order valence-corrected chi connectivity index (χ2v) is 7.12. The summed E-state index contributed by atoms with van der Waals surface area (Å²) in [6, 6.07) is 5.89. The lowest BCUT2D eigenvalue weighted by molar-refractivity contribution is 0.0743. The maximum Gasteiger partial charge on any atom is 0.274 e. The molecule has 4 heterocycles. The molecule has 0 saturated carbocycles. The fourth-order valence-corrected chi connectivity index (χ4v) is 4.34. The number of imidazole rings is 1. The summed E-state index contributed by atoms with van der Waals surface area (Å²) < 4.78 is 10.1. The Labute approximate surface area is 147 Å². The van der Waals surface area contributed by atoms with Crippen LogP contribution in [0.15, 0.2) is 30.6 Å². The number of carbonyl (C=O) groups is 1. The summed E-state index contributed by atoms with van der Waals surface area (Å²) in [5, 5.41) is 4.23. The minimum atomic E-state index is -0.0474. The van der Waals surface area contributed by atoms with Crippen LogP contribution in [0.25, 0.3) is 15.2 Å². The number of carbonyl (C=O) groups excluding carboxylic acids is 1. The number of amides is 1. The lowest BCUT2D eigenvalue weighted by Crippen LogP contribution is -2.26. The minimum absolute atomic E-state index is 0.0474. The number of benzene rings is 1. The van der Waals surface area contributed by atoms with Gasteiger partial charge in [-0.15, -0.1) is 0 Å². The van der Waals surface area contributed by atoms with Gasteiger partial charge in [-0.05, 0) is 18.2 Å². The van der Waals surface area contributed by atoms with Crippen molar-refractivity contribution in [3.63, 3.8) is 0 Å². The monoisotopic (exact) mass is 353 g/mol. The summed E-state index contributed by atoms with van der Waals surface area (Å²) in [4.78, 5) is 20.0. The average molecular weight is 353 g/mol. The number of nitrogens with zero attached hydrogens (tertiary/aromatic N) is 5. The first-order valence-corrected chi connectivity index (χ1v) is 8.70. The van der Waals surface area contributed by atoms with Crippen LogP contribution in [0.3, 0.4) is 0 Å². The van der Waals surface area contributed by atoms with Crippen molar-refractivity contribution in [3.05, 3.63) is 47.5 Å². The van der Waals surface area contributed by atoms with Crippen LogP contribution in [-0.2, 0) is 20.1 Å². The molecule has 0 N–H and O–H groups in total. The van der Waals surface area contributed by atoms with Crippen LogP contribution in [0.4, 0.5) is 0 Å². The fourth-order valence-electron chi connectivity index (χ4n) is 3.30. The quantitative estimate of drug-likeness (QED) is 0.555. The van der Waals surface area contributed by atoms with E-state index in [1.54, 1.807) is 18.4 Å². The number of hydrogen-bond donors (Lipinski definition) is 0. The molecule has 0 spiro atoms. The van der Waals surface area contributed by atoms with Crippen LogP contribution in [-0.4, -0.2) is 37.1 Å². The molecule has 0 unspecified atom stereocenters. The lowest BCUT2D eigenvalue weighted by atomic mass is 10.3. The number of thiazole rings is 1. The second kappa shape index (κ2) is 5.06. The van der Waals surface area contributed by atoms with Crippen LogP contribution >= 0.6 is 11.3 Å². The Morgan fingerprint density at radius 3 is 3.00 bits per heavy atom. The SMILES string of the molecule is COc1ccc2c(c1)sc1nc(C(=O)N3Cc4cnn(C)c4C3)cn12. The van der Waals surface area contributed by atoms with Gasteiger partial charge in [-0.2, -0.15) is 5.10 Å². The molecule has 0 fully saturated rings. The predicted molar refractivity (Wildman–Crippen MR) is 93.9 cm³/mol. The number of fused-ring (bicyclic) bond motifs is 4. The molecule has 126 valence electrons. The second-order valence-electron chi connectivity index (χ2n) is 6.12. The molecule has 1 aromatic carbocycles. The molecule has 0 saturated heterocycles. The maximum absolute atomic E-state index is 12.8. The van der Waals surface area contributed by atoms with Gasteiger partial charge >= 0.3 is 0 Å². The lowest BCUT2D eigenvalue weighted by Gasteiger charge is -2.13. The van der Waals surface area contributed by atoms with E-state index in [-0.39, 0.29) is 5.91 Å². The summed E-state index contributed by atoms with van der Waals surface area (Å²) in [7, 11) is 3.56. The van der Waals surface area contributed by atoms with Gasteiger partial charge in [0.1, 0.15) is 11.4 Å². The predicted octanol–water partition coefficient (Wildman–Crippen LogP) is 2.45. The number of ether oxygens (including phenoxy) is 1. The Kier molecular flexibility index (Phi) is 2.93. The van der Waals surface area contributed by atoms with Crippen molar-refractivity contribution in [3.8, 4) is 5.75 Å². The third-order valence-corrected chi connectivity index (χ3v) is 5.68. The first-order valence-electron chi connectivity index (χ1n) is 7.88. The summed E-state index contributed by atoms with van der Waals surface area (Å²) in [5.74, 6) is 0.769. The van der Waals surface area contributed by atoms with Gasteiger partial charge in [-0.25, -0.2) is 4.98 Å². The Bertz CT molecular complexity index is 1140. The van der Waals surface area contributed by atoms with Crippen LogP contribution < -0.4 is 4.74 Å². The van der Waals surface area contributed by atoms with Gasteiger partial charge < -0.3 is 9.64 Å². The zero-order valence-electron chi connectivity index (χ0n) is 13.8. The summed E-state index contributed by atoms with van der Waals surface area (Å²) in [5.41, 5.74) is 3.70. The van der Waals surface area contributed by atoms with Crippen LogP contribution in [0.1, 0.15) is 21.7 Å². The number of aromatic nitrogens is 4. The van der Waals surface area contributed by atoms with E-state index in [2.05, 4.69) is 10.1 Å². The molecule has 7 nitrogen and oxygen atoms in total. The van der Waals surface area contributed by atoms with Crippen molar-refractivity contribution in [1.29, 1.82) is 0 Å². The number of hydrogen-bond acceptors (Lipinski definition) is 5. The Morgan fingerprint density at radius 1 is 1.32 bits per heavy atom. The summed E-state index contributed by atoms with van der Waals surface area (Å²) in [6.07, 6.45) is 3.65.